The van der Waals surface area contributed by atoms with Crippen molar-refractivity contribution in [1.82, 2.24) is 20.2 Å². The number of nitrogens with two attached hydrogens (primary N) is 1. The van der Waals surface area contributed by atoms with E-state index in [9.17, 15) is 0 Å². The fourth-order valence-electron chi connectivity index (χ4n) is 2.00. The molecule has 2 aromatic rings. The molecule has 19 heavy (non-hydrogen) atoms. The molecule has 0 radical (unpaired) electrons. The highest BCUT2D eigenvalue weighted by atomic mass is 32.2. The summed E-state index contributed by atoms with van der Waals surface area (Å²) < 4.78 is 1.93. The van der Waals surface area contributed by atoms with Crippen molar-refractivity contribution in [3.63, 3.8) is 0 Å². The highest BCUT2D eigenvalue weighted by Crippen LogP contribution is 2.39. The molecule has 1 aromatic heterocycles. The summed E-state index contributed by atoms with van der Waals surface area (Å²) in [5, 5.41) is 12.8. The van der Waals surface area contributed by atoms with Gasteiger partial charge in [-0.25, -0.2) is 4.68 Å². The van der Waals surface area contributed by atoms with Crippen molar-refractivity contribution in [3.8, 4) is 0 Å². The molecule has 0 unspecified atom stereocenters. The van der Waals surface area contributed by atoms with E-state index in [-0.39, 0.29) is 6.04 Å². The Morgan fingerprint density at radius 2 is 2.21 bits per heavy atom. The summed E-state index contributed by atoms with van der Waals surface area (Å²) in [7, 11) is 0. The van der Waals surface area contributed by atoms with Crippen molar-refractivity contribution in [3.05, 3.63) is 29.8 Å². The second kappa shape index (κ2) is 5.30. The van der Waals surface area contributed by atoms with E-state index in [0.29, 0.717) is 6.04 Å². The Morgan fingerprint density at radius 1 is 1.42 bits per heavy atom. The van der Waals surface area contributed by atoms with Crippen molar-refractivity contribution in [2.24, 2.45) is 5.73 Å². The summed E-state index contributed by atoms with van der Waals surface area (Å²) in [5.41, 5.74) is 7.33. The first-order chi connectivity index (χ1) is 9.29. The SMILES string of the molecule is CC[C@@H](N)c1ccccc1Sc1nnnn1C1CC1. The van der Waals surface area contributed by atoms with Gasteiger partial charge in [0.15, 0.2) is 0 Å². The average molecular weight is 275 g/mol. The zero-order chi connectivity index (χ0) is 13.2. The van der Waals surface area contributed by atoms with E-state index in [4.69, 9.17) is 5.73 Å². The van der Waals surface area contributed by atoms with Crippen LogP contribution in [0.25, 0.3) is 0 Å². The van der Waals surface area contributed by atoms with Crippen molar-refractivity contribution in [2.75, 3.05) is 0 Å². The van der Waals surface area contributed by atoms with E-state index >= 15 is 0 Å². The van der Waals surface area contributed by atoms with Gasteiger partial charge in [0.05, 0.1) is 6.04 Å². The van der Waals surface area contributed by atoms with Gasteiger partial charge < -0.3 is 5.73 Å². The lowest BCUT2D eigenvalue weighted by Crippen LogP contribution is -2.09. The molecule has 1 aliphatic rings. The standard InChI is InChI=1S/C13H17N5S/c1-2-11(14)10-5-3-4-6-12(10)19-13-15-16-17-18(13)9-7-8-9/h3-6,9,11H,2,7-8,14H2,1H3/t11-/m1/s1. The van der Waals surface area contributed by atoms with Crippen LogP contribution < -0.4 is 5.73 Å². The summed E-state index contributed by atoms with van der Waals surface area (Å²) in [5.74, 6) is 0. The van der Waals surface area contributed by atoms with Crippen LogP contribution in [0, 0.1) is 0 Å². The van der Waals surface area contributed by atoms with Crippen LogP contribution in [0.2, 0.25) is 0 Å². The van der Waals surface area contributed by atoms with Gasteiger partial charge in [-0.1, -0.05) is 25.1 Å². The number of aromatic nitrogens is 4. The fraction of sp³-hybridized carbons (Fsp3) is 0.462. The van der Waals surface area contributed by atoms with E-state index in [2.05, 4.69) is 34.6 Å². The van der Waals surface area contributed by atoms with Gasteiger partial charge in [-0.05, 0) is 53.1 Å². The van der Waals surface area contributed by atoms with Crippen LogP contribution in [-0.2, 0) is 0 Å². The van der Waals surface area contributed by atoms with Crippen LogP contribution >= 0.6 is 11.8 Å². The molecule has 1 atom stereocenters. The maximum absolute atomic E-state index is 6.16. The predicted molar refractivity (Wildman–Crippen MR) is 73.9 cm³/mol. The number of hydrogen-bond acceptors (Lipinski definition) is 5. The zero-order valence-corrected chi connectivity index (χ0v) is 11.7. The Bertz CT molecular complexity index is 564. The quantitative estimate of drug-likeness (QED) is 0.908. The van der Waals surface area contributed by atoms with Crippen LogP contribution in [0.15, 0.2) is 34.3 Å². The molecular formula is C13H17N5S. The predicted octanol–water partition coefficient (Wildman–Crippen LogP) is 2.57. The van der Waals surface area contributed by atoms with Gasteiger partial charge >= 0.3 is 0 Å². The maximum atomic E-state index is 6.16. The molecule has 1 aliphatic carbocycles. The van der Waals surface area contributed by atoms with Gasteiger partial charge in [0.2, 0.25) is 5.16 Å². The third-order valence-electron chi connectivity index (χ3n) is 3.31. The monoisotopic (exact) mass is 275 g/mol. The summed E-state index contributed by atoms with van der Waals surface area (Å²) in [6.45, 7) is 2.10. The highest BCUT2D eigenvalue weighted by molar-refractivity contribution is 7.99. The summed E-state index contributed by atoms with van der Waals surface area (Å²) in [6, 6.07) is 8.78. The molecular weight excluding hydrogens is 258 g/mol. The van der Waals surface area contributed by atoms with Crippen LogP contribution in [-0.4, -0.2) is 20.2 Å². The molecule has 0 amide bonds. The fourth-order valence-corrected chi connectivity index (χ4v) is 3.04. The maximum Gasteiger partial charge on any atom is 0.214 e. The van der Waals surface area contributed by atoms with Gasteiger partial charge in [0.25, 0.3) is 0 Å². The Kier molecular flexibility index (Phi) is 3.52. The molecule has 2 N–H and O–H groups in total. The molecule has 6 heteroatoms. The molecule has 3 rings (SSSR count). The second-order valence-electron chi connectivity index (χ2n) is 4.79. The summed E-state index contributed by atoms with van der Waals surface area (Å²) >= 11 is 1.61. The lowest BCUT2D eigenvalue weighted by atomic mass is 10.1. The van der Waals surface area contributed by atoms with Crippen LogP contribution in [0.5, 0.6) is 0 Å². The van der Waals surface area contributed by atoms with Crippen molar-refractivity contribution < 1.29 is 0 Å². The molecule has 1 fully saturated rings. The second-order valence-corrected chi connectivity index (χ2v) is 5.80. The molecule has 0 saturated heterocycles. The van der Waals surface area contributed by atoms with Crippen LogP contribution in [0.3, 0.4) is 0 Å². The molecule has 5 nitrogen and oxygen atoms in total. The molecule has 0 spiro atoms. The molecule has 1 aromatic carbocycles. The molecule has 100 valence electrons. The van der Waals surface area contributed by atoms with Gasteiger partial charge in [0, 0.05) is 10.9 Å². The van der Waals surface area contributed by atoms with Gasteiger partial charge in [-0.3, -0.25) is 0 Å². The summed E-state index contributed by atoms with van der Waals surface area (Å²) in [4.78, 5) is 1.15. The normalized spacial score (nSPS) is 16.5. The molecule has 0 bridgehead atoms. The van der Waals surface area contributed by atoms with E-state index in [1.807, 2.05) is 16.8 Å². The number of rotatable bonds is 5. The number of tetrazole rings is 1. The Hall–Kier alpha value is -1.40. The van der Waals surface area contributed by atoms with Gasteiger partial charge in [0.1, 0.15) is 0 Å². The summed E-state index contributed by atoms with van der Waals surface area (Å²) in [6.07, 6.45) is 3.27. The van der Waals surface area contributed by atoms with Crippen molar-refractivity contribution in [2.45, 2.75) is 48.3 Å². The first-order valence-electron chi connectivity index (χ1n) is 6.59. The van der Waals surface area contributed by atoms with E-state index in [1.54, 1.807) is 11.8 Å². The Morgan fingerprint density at radius 3 is 2.95 bits per heavy atom. The minimum absolute atomic E-state index is 0.0638. The first-order valence-corrected chi connectivity index (χ1v) is 7.41. The lowest BCUT2D eigenvalue weighted by Gasteiger charge is -2.13. The minimum Gasteiger partial charge on any atom is -0.324 e. The number of nitrogens with zero attached hydrogens (tertiary/aromatic N) is 4. The average Bonchev–Trinajstić information content (AvgIpc) is 3.19. The third-order valence-corrected chi connectivity index (χ3v) is 4.36. The lowest BCUT2D eigenvalue weighted by molar-refractivity contribution is 0.565. The molecule has 1 heterocycles. The van der Waals surface area contributed by atoms with Crippen molar-refractivity contribution >= 4 is 11.8 Å². The first kappa shape index (κ1) is 12.6. The molecule has 1 saturated carbocycles. The van der Waals surface area contributed by atoms with E-state index < -0.39 is 0 Å². The van der Waals surface area contributed by atoms with Crippen LogP contribution in [0.4, 0.5) is 0 Å². The topological polar surface area (TPSA) is 69.6 Å². The smallest absolute Gasteiger partial charge is 0.214 e. The molecule has 0 aliphatic heterocycles. The Labute approximate surface area is 116 Å². The number of benzene rings is 1. The van der Waals surface area contributed by atoms with E-state index in [1.165, 1.54) is 18.4 Å². The van der Waals surface area contributed by atoms with Crippen molar-refractivity contribution in [1.29, 1.82) is 0 Å². The zero-order valence-electron chi connectivity index (χ0n) is 10.9. The highest BCUT2D eigenvalue weighted by Gasteiger charge is 2.28. The van der Waals surface area contributed by atoms with E-state index in [0.717, 1.165) is 16.5 Å². The third kappa shape index (κ3) is 2.64. The Balaban J connectivity index is 1.88. The minimum atomic E-state index is 0.0638. The van der Waals surface area contributed by atoms with Gasteiger partial charge in [-0.2, -0.15) is 0 Å². The van der Waals surface area contributed by atoms with Gasteiger partial charge in [-0.15, -0.1) is 5.10 Å². The number of hydrogen-bond donors (Lipinski definition) is 1. The largest absolute Gasteiger partial charge is 0.324 e. The van der Waals surface area contributed by atoms with Crippen LogP contribution in [0.1, 0.15) is 43.8 Å².